The van der Waals surface area contributed by atoms with Gasteiger partial charge >= 0.3 is 0 Å². The molecule has 7 nitrogen and oxygen atoms in total. The number of methoxy groups -OCH3 is 1. The Bertz CT molecular complexity index is 1200. The van der Waals surface area contributed by atoms with Gasteiger partial charge in [0.15, 0.2) is 5.13 Å². The van der Waals surface area contributed by atoms with Crippen LogP contribution < -0.4 is 14.5 Å². The van der Waals surface area contributed by atoms with Gasteiger partial charge in [0.1, 0.15) is 11.6 Å². The van der Waals surface area contributed by atoms with Crippen LogP contribution in [0, 0.1) is 5.82 Å². The largest absolute Gasteiger partial charge is 0.495 e. The van der Waals surface area contributed by atoms with Gasteiger partial charge in [-0.05, 0) is 30.3 Å². The van der Waals surface area contributed by atoms with Crippen molar-refractivity contribution in [2.24, 2.45) is 0 Å². The van der Waals surface area contributed by atoms with E-state index in [-0.39, 0.29) is 17.5 Å². The fourth-order valence-corrected chi connectivity index (χ4v) is 4.66. The first kappa shape index (κ1) is 23.4. The van der Waals surface area contributed by atoms with Crippen LogP contribution in [0.15, 0.2) is 60.0 Å². The fraction of sp³-hybridized carbons (Fsp3) is 0.240. The first-order chi connectivity index (χ1) is 16.5. The van der Waals surface area contributed by atoms with E-state index in [1.165, 1.54) is 41.4 Å². The first-order valence-electron chi connectivity index (χ1n) is 10.8. The predicted octanol–water partition coefficient (Wildman–Crippen LogP) is 4.34. The molecule has 9 heteroatoms. The van der Waals surface area contributed by atoms with Crippen LogP contribution in [0.2, 0.25) is 0 Å². The number of ether oxygens (including phenoxy) is 1. The molecule has 0 spiro atoms. The molecular formula is C25H25FN4O3S. The Kier molecular flexibility index (Phi) is 7.22. The summed E-state index contributed by atoms with van der Waals surface area (Å²) >= 11 is 1.21. The van der Waals surface area contributed by atoms with Gasteiger partial charge in [-0.2, -0.15) is 0 Å². The Morgan fingerprint density at radius 1 is 1.09 bits per heavy atom. The highest BCUT2D eigenvalue weighted by Gasteiger charge is 2.23. The van der Waals surface area contributed by atoms with Crippen molar-refractivity contribution >= 4 is 45.7 Å². The van der Waals surface area contributed by atoms with Crippen molar-refractivity contribution in [2.45, 2.75) is 6.92 Å². The molecule has 2 amide bonds. The van der Waals surface area contributed by atoms with Crippen molar-refractivity contribution in [3.63, 3.8) is 0 Å². The Hall–Kier alpha value is -3.72. The Morgan fingerprint density at radius 2 is 1.79 bits per heavy atom. The molecule has 1 aromatic heterocycles. The molecule has 0 aliphatic carbocycles. The molecule has 0 bridgehead atoms. The van der Waals surface area contributed by atoms with Crippen LogP contribution in [-0.2, 0) is 9.59 Å². The number of nitrogens with zero attached hydrogens (tertiary/aromatic N) is 4. The Labute approximate surface area is 201 Å². The van der Waals surface area contributed by atoms with Crippen LogP contribution >= 0.6 is 11.3 Å². The third kappa shape index (κ3) is 5.09. The van der Waals surface area contributed by atoms with E-state index in [1.807, 2.05) is 24.3 Å². The van der Waals surface area contributed by atoms with Crippen LogP contribution in [0.1, 0.15) is 12.6 Å². The highest BCUT2D eigenvalue weighted by molar-refractivity contribution is 7.14. The van der Waals surface area contributed by atoms with Crippen LogP contribution in [0.4, 0.5) is 20.9 Å². The number of thiazole rings is 1. The first-order valence-corrected chi connectivity index (χ1v) is 11.7. The number of aromatic nitrogens is 1. The van der Waals surface area contributed by atoms with E-state index in [9.17, 15) is 14.0 Å². The quantitative estimate of drug-likeness (QED) is 0.491. The standard InChI is InChI=1S/C25H25FN4O3S/c1-18(31)30(21-8-4-3-7-20(21)26)25-27-19(17-34-25)11-12-24(32)29-15-13-28(14-16-29)22-9-5-6-10-23(22)33-2/h3-12,17H,13-16H2,1-2H3/b12-11+. The van der Waals surface area contributed by atoms with Gasteiger partial charge in [-0.3, -0.25) is 14.5 Å². The van der Waals surface area contributed by atoms with Crippen molar-refractivity contribution in [1.29, 1.82) is 0 Å². The molecular weight excluding hydrogens is 455 g/mol. The van der Waals surface area contributed by atoms with E-state index in [1.54, 1.807) is 35.6 Å². The maximum Gasteiger partial charge on any atom is 0.246 e. The monoisotopic (exact) mass is 480 g/mol. The summed E-state index contributed by atoms with van der Waals surface area (Å²) < 4.78 is 19.7. The average molecular weight is 481 g/mol. The maximum absolute atomic E-state index is 14.2. The number of hydrogen-bond acceptors (Lipinski definition) is 6. The van der Waals surface area contributed by atoms with Crippen LogP contribution in [0.5, 0.6) is 5.75 Å². The van der Waals surface area contributed by atoms with Gasteiger partial charge < -0.3 is 14.5 Å². The van der Waals surface area contributed by atoms with Crippen LogP contribution in [0.25, 0.3) is 6.08 Å². The van der Waals surface area contributed by atoms with E-state index in [0.717, 1.165) is 11.4 Å². The van der Waals surface area contributed by atoms with Crippen LogP contribution in [-0.4, -0.2) is 55.0 Å². The zero-order valence-corrected chi connectivity index (χ0v) is 19.8. The molecule has 4 rings (SSSR count). The van der Waals surface area contributed by atoms with Gasteiger partial charge in [-0.15, -0.1) is 11.3 Å². The summed E-state index contributed by atoms with van der Waals surface area (Å²) in [6.45, 7) is 3.95. The summed E-state index contributed by atoms with van der Waals surface area (Å²) in [6, 6.07) is 13.9. The van der Waals surface area contributed by atoms with E-state index in [4.69, 9.17) is 4.74 Å². The lowest BCUT2D eigenvalue weighted by molar-refractivity contribution is -0.126. The van der Waals surface area contributed by atoms with Crippen molar-refractivity contribution < 1.29 is 18.7 Å². The molecule has 1 aliphatic heterocycles. The number of hydrogen-bond donors (Lipinski definition) is 0. The molecule has 1 fully saturated rings. The Balaban J connectivity index is 1.40. The highest BCUT2D eigenvalue weighted by Crippen LogP contribution is 2.31. The molecule has 0 unspecified atom stereocenters. The molecule has 1 saturated heterocycles. The second-order valence-electron chi connectivity index (χ2n) is 7.68. The number of halogens is 1. The van der Waals surface area contributed by atoms with Crippen molar-refractivity contribution in [3.8, 4) is 5.75 Å². The zero-order valence-electron chi connectivity index (χ0n) is 19.0. The van der Waals surface area contributed by atoms with E-state index >= 15 is 0 Å². The zero-order chi connectivity index (χ0) is 24.1. The predicted molar refractivity (Wildman–Crippen MR) is 132 cm³/mol. The smallest absolute Gasteiger partial charge is 0.246 e. The molecule has 3 aromatic rings. The molecule has 0 saturated carbocycles. The summed E-state index contributed by atoms with van der Waals surface area (Å²) in [5.41, 5.74) is 1.69. The van der Waals surface area contributed by atoms with Gasteiger partial charge in [0.25, 0.3) is 0 Å². The normalized spacial score (nSPS) is 13.9. The second-order valence-corrected chi connectivity index (χ2v) is 8.51. The molecule has 0 radical (unpaired) electrons. The molecule has 0 N–H and O–H groups in total. The fourth-order valence-electron chi connectivity index (χ4n) is 3.82. The van der Waals surface area contributed by atoms with E-state index in [0.29, 0.717) is 37.0 Å². The summed E-state index contributed by atoms with van der Waals surface area (Å²) in [5, 5.41) is 2.07. The molecule has 2 aromatic carbocycles. The minimum atomic E-state index is -0.507. The van der Waals surface area contributed by atoms with E-state index in [2.05, 4.69) is 9.88 Å². The van der Waals surface area contributed by atoms with Gasteiger partial charge in [-0.1, -0.05) is 24.3 Å². The summed E-state index contributed by atoms with van der Waals surface area (Å²) in [5.74, 6) is -0.144. The van der Waals surface area contributed by atoms with Gasteiger partial charge in [0.05, 0.1) is 24.2 Å². The number of carbonyl (C=O) groups excluding carboxylic acids is 2. The summed E-state index contributed by atoms with van der Waals surface area (Å²) in [4.78, 5) is 34.5. The third-order valence-corrected chi connectivity index (χ3v) is 6.37. The number of rotatable bonds is 6. The van der Waals surface area contributed by atoms with Gasteiger partial charge in [0.2, 0.25) is 11.8 Å². The molecule has 2 heterocycles. The summed E-state index contributed by atoms with van der Waals surface area (Å²) in [6.07, 6.45) is 3.10. The molecule has 1 aliphatic rings. The number of carbonyl (C=O) groups is 2. The second kappa shape index (κ2) is 10.5. The highest BCUT2D eigenvalue weighted by atomic mass is 32.1. The number of para-hydroxylation sites is 3. The number of benzene rings is 2. The lowest BCUT2D eigenvalue weighted by Crippen LogP contribution is -2.48. The Morgan fingerprint density at radius 3 is 2.50 bits per heavy atom. The summed E-state index contributed by atoms with van der Waals surface area (Å²) in [7, 11) is 1.65. The van der Waals surface area contributed by atoms with Gasteiger partial charge in [0, 0.05) is 44.6 Å². The number of piperazine rings is 1. The van der Waals surface area contributed by atoms with Crippen molar-refractivity contribution in [2.75, 3.05) is 43.1 Å². The van der Waals surface area contributed by atoms with Crippen LogP contribution in [0.3, 0.4) is 0 Å². The lowest BCUT2D eigenvalue weighted by Gasteiger charge is -2.36. The minimum absolute atomic E-state index is 0.105. The lowest BCUT2D eigenvalue weighted by atomic mass is 10.2. The third-order valence-electron chi connectivity index (χ3n) is 5.52. The van der Waals surface area contributed by atoms with Gasteiger partial charge in [-0.25, -0.2) is 9.37 Å². The minimum Gasteiger partial charge on any atom is -0.495 e. The SMILES string of the molecule is COc1ccccc1N1CCN(C(=O)/C=C/c2csc(N(C(C)=O)c3ccccc3F)n2)CC1. The maximum atomic E-state index is 14.2. The van der Waals surface area contributed by atoms with Crippen molar-refractivity contribution in [3.05, 3.63) is 71.5 Å². The number of anilines is 3. The van der Waals surface area contributed by atoms with Crippen molar-refractivity contribution in [1.82, 2.24) is 9.88 Å². The molecule has 176 valence electrons. The van der Waals surface area contributed by atoms with E-state index < -0.39 is 5.82 Å². The topological polar surface area (TPSA) is 66.0 Å². The molecule has 34 heavy (non-hydrogen) atoms. The molecule has 0 atom stereocenters. The average Bonchev–Trinajstić information content (AvgIpc) is 3.32. The number of amides is 2.